The van der Waals surface area contributed by atoms with E-state index in [1.54, 1.807) is 18.4 Å². The number of nitrogens with one attached hydrogen (secondary N) is 2. The maximum absolute atomic E-state index is 4.53. The minimum atomic E-state index is 0. The normalized spacial score (nSPS) is 10.9. The Morgan fingerprint density at radius 3 is 2.77 bits per heavy atom. The maximum atomic E-state index is 4.53. The average molecular weight is 431 g/mol. The monoisotopic (exact) mass is 431 g/mol. The summed E-state index contributed by atoms with van der Waals surface area (Å²) in [5.74, 6) is 0.789. The Morgan fingerprint density at radius 2 is 2.14 bits per heavy atom. The van der Waals surface area contributed by atoms with Gasteiger partial charge in [0.15, 0.2) is 5.96 Å². The lowest BCUT2D eigenvalue weighted by atomic mass is 10.3. The van der Waals surface area contributed by atoms with E-state index in [9.17, 15) is 0 Å². The summed E-state index contributed by atoms with van der Waals surface area (Å²) < 4.78 is 0. The van der Waals surface area contributed by atoms with Crippen molar-refractivity contribution in [2.24, 2.45) is 4.99 Å². The van der Waals surface area contributed by atoms with E-state index >= 15 is 0 Å². The molecule has 22 heavy (non-hydrogen) atoms. The Bertz CT molecular complexity index is 570. The second-order valence-electron chi connectivity index (χ2n) is 4.51. The molecule has 0 aliphatic heterocycles. The molecule has 2 aromatic heterocycles. The van der Waals surface area contributed by atoms with Crippen LogP contribution in [0, 0.1) is 0 Å². The third-order valence-corrected chi connectivity index (χ3v) is 4.00. The van der Waals surface area contributed by atoms with Crippen LogP contribution in [0.15, 0.2) is 34.8 Å². The van der Waals surface area contributed by atoms with Gasteiger partial charge in [0.25, 0.3) is 0 Å². The highest BCUT2D eigenvalue weighted by Crippen LogP contribution is 2.09. The fourth-order valence-corrected chi connectivity index (χ4v) is 2.59. The van der Waals surface area contributed by atoms with E-state index in [2.05, 4.69) is 37.9 Å². The van der Waals surface area contributed by atoms with Crippen molar-refractivity contribution >= 4 is 41.3 Å². The number of pyridine rings is 1. The van der Waals surface area contributed by atoms with Crippen LogP contribution in [0.25, 0.3) is 0 Å². The van der Waals surface area contributed by atoms with Crippen LogP contribution in [0.1, 0.15) is 23.3 Å². The zero-order valence-electron chi connectivity index (χ0n) is 12.9. The molecule has 0 aromatic carbocycles. The summed E-state index contributed by atoms with van der Waals surface area (Å²) >= 11 is 1.70. The van der Waals surface area contributed by atoms with Gasteiger partial charge in [-0.15, -0.1) is 35.3 Å². The van der Waals surface area contributed by atoms with Gasteiger partial charge in [-0.05, 0) is 18.6 Å². The number of aliphatic imine (C=N–C) groups is 1. The number of nitrogens with zero attached hydrogens (tertiary/aromatic N) is 3. The second kappa shape index (κ2) is 10.5. The first-order chi connectivity index (χ1) is 10.3. The van der Waals surface area contributed by atoms with Crippen molar-refractivity contribution in [3.05, 3.63) is 46.2 Å². The summed E-state index contributed by atoms with van der Waals surface area (Å²) in [6, 6.07) is 5.96. The van der Waals surface area contributed by atoms with Gasteiger partial charge in [0.2, 0.25) is 0 Å². The summed E-state index contributed by atoms with van der Waals surface area (Å²) in [5, 5.41) is 9.82. The number of aryl methyl sites for hydroxylation is 1. The third-order valence-electron chi connectivity index (χ3n) is 2.96. The van der Waals surface area contributed by atoms with Crippen LogP contribution in [-0.4, -0.2) is 29.5 Å². The summed E-state index contributed by atoms with van der Waals surface area (Å²) in [6.45, 7) is 3.61. The van der Waals surface area contributed by atoms with E-state index in [-0.39, 0.29) is 24.0 Å². The number of thiazole rings is 1. The van der Waals surface area contributed by atoms with Crippen LogP contribution in [0.2, 0.25) is 0 Å². The lowest BCUT2D eigenvalue weighted by Gasteiger charge is -2.10. The highest BCUT2D eigenvalue weighted by atomic mass is 127. The molecule has 2 N–H and O–H groups in total. The second-order valence-corrected chi connectivity index (χ2v) is 5.45. The van der Waals surface area contributed by atoms with Crippen LogP contribution in [0.4, 0.5) is 0 Å². The van der Waals surface area contributed by atoms with Crippen molar-refractivity contribution < 1.29 is 0 Å². The van der Waals surface area contributed by atoms with E-state index in [4.69, 9.17) is 0 Å². The SMILES string of the molecule is CCc1nc(CNC(=NC)NCCc2ccccn2)cs1.I. The molecule has 0 saturated heterocycles. The summed E-state index contributed by atoms with van der Waals surface area (Å²) in [6.07, 6.45) is 3.68. The molecule has 0 saturated carbocycles. The largest absolute Gasteiger partial charge is 0.356 e. The Kier molecular flexibility index (Phi) is 8.98. The molecule has 2 aromatic rings. The molecule has 0 unspecified atom stereocenters. The van der Waals surface area contributed by atoms with Gasteiger partial charge in [0, 0.05) is 37.3 Å². The van der Waals surface area contributed by atoms with Crippen molar-refractivity contribution in [3.63, 3.8) is 0 Å². The molecule has 120 valence electrons. The van der Waals surface area contributed by atoms with Crippen molar-refractivity contribution in [1.82, 2.24) is 20.6 Å². The topological polar surface area (TPSA) is 62.2 Å². The van der Waals surface area contributed by atoms with Gasteiger partial charge in [0.1, 0.15) is 0 Å². The molecule has 0 radical (unpaired) electrons. The van der Waals surface area contributed by atoms with Gasteiger partial charge in [-0.3, -0.25) is 9.98 Å². The molecule has 2 rings (SSSR count). The number of halogens is 1. The summed E-state index contributed by atoms with van der Waals surface area (Å²) in [4.78, 5) is 13.0. The number of aromatic nitrogens is 2. The minimum absolute atomic E-state index is 0. The zero-order valence-corrected chi connectivity index (χ0v) is 16.0. The Hall–Kier alpha value is -1.22. The van der Waals surface area contributed by atoms with Gasteiger partial charge in [-0.1, -0.05) is 13.0 Å². The molecule has 0 bridgehead atoms. The van der Waals surface area contributed by atoms with Crippen molar-refractivity contribution in [1.29, 1.82) is 0 Å². The molecule has 7 heteroatoms. The smallest absolute Gasteiger partial charge is 0.191 e. The van der Waals surface area contributed by atoms with Crippen LogP contribution < -0.4 is 10.6 Å². The molecule has 0 atom stereocenters. The van der Waals surface area contributed by atoms with Crippen molar-refractivity contribution in [3.8, 4) is 0 Å². The van der Waals surface area contributed by atoms with E-state index in [1.165, 1.54) is 5.01 Å². The molecule has 0 aliphatic carbocycles. The van der Waals surface area contributed by atoms with E-state index in [1.807, 2.05) is 24.4 Å². The van der Waals surface area contributed by atoms with E-state index < -0.39 is 0 Å². The van der Waals surface area contributed by atoms with Gasteiger partial charge < -0.3 is 10.6 Å². The number of hydrogen-bond donors (Lipinski definition) is 2. The molecular weight excluding hydrogens is 409 g/mol. The number of hydrogen-bond acceptors (Lipinski definition) is 4. The van der Waals surface area contributed by atoms with Crippen LogP contribution in [0.3, 0.4) is 0 Å². The molecular formula is C15H22IN5S. The first kappa shape index (κ1) is 18.8. The average Bonchev–Trinajstić information content (AvgIpc) is 3.00. The lowest BCUT2D eigenvalue weighted by molar-refractivity contribution is 0.775. The molecule has 2 heterocycles. The molecule has 5 nitrogen and oxygen atoms in total. The lowest BCUT2D eigenvalue weighted by Crippen LogP contribution is -2.38. The molecule has 0 amide bonds. The molecule has 0 spiro atoms. The molecule has 0 fully saturated rings. The zero-order chi connectivity index (χ0) is 14.9. The molecule has 0 aliphatic rings. The first-order valence-corrected chi connectivity index (χ1v) is 7.97. The fraction of sp³-hybridized carbons (Fsp3) is 0.400. The van der Waals surface area contributed by atoms with Crippen molar-refractivity contribution in [2.75, 3.05) is 13.6 Å². The number of rotatable bonds is 6. The van der Waals surface area contributed by atoms with E-state index in [0.717, 1.165) is 36.7 Å². The predicted octanol–water partition coefficient (Wildman–Crippen LogP) is 2.63. The van der Waals surface area contributed by atoms with Crippen LogP contribution in [-0.2, 0) is 19.4 Å². The third kappa shape index (κ3) is 6.27. The Labute approximate surface area is 152 Å². The maximum Gasteiger partial charge on any atom is 0.191 e. The van der Waals surface area contributed by atoms with Crippen LogP contribution in [0.5, 0.6) is 0 Å². The summed E-state index contributed by atoms with van der Waals surface area (Å²) in [7, 11) is 1.77. The number of guanidine groups is 1. The fourth-order valence-electron chi connectivity index (χ4n) is 1.84. The van der Waals surface area contributed by atoms with Crippen molar-refractivity contribution in [2.45, 2.75) is 26.3 Å². The predicted molar refractivity (Wildman–Crippen MR) is 103 cm³/mol. The van der Waals surface area contributed by atoms with Gasteiger partial charge in [0.05, 0.1) is 17.2 Å². The van der Waals surface area contributed by atoms with Gasteiger partial charge in [-0.25, -0.2) is 4.98 Å². The minimum Gasteiger partial charge on any atom is -0.356 e. The standard InChI is InChI=1S/C15H21N5S.HI/c1-3-14-20-13(11-21-14)10-19-15(16-2)18-9-7-12-6-4-5-8-17-12;/h4-6,8,11H,3,7,9-10H2,1-2H3,(H2,16,18,19);1H. The Balaban J connectivity index is 0.00000242. The highest BCUT2D eigenvalue weighted by molar-refractivity contribution is 14.0. The first-order valence-electron chi connectivity index (χ1n) is 7.09. The Morgan fingerprint density at radius 1 is 1.27 bits per heavy atom. The van der Waals surface area contributed by atoms with Gasteiger partial charge in [-0.2, -0.15) is 0 Å². The quantitative estimate of drug-likeness (QED) is 0.420. The highest BCUT2D eigenvalue weighted by Gasteiger charge is 2.02. The summed E-state index contributed by atoms with van der Waals surface area (Å²) in [5.41, 5.74) is 2.14. The van der Waals surface area contributed by atoms with E-state index in [0.29, 0.717) is 6.54 Å². The van der Waals surface area contributed by atoms with Gasteiger partial charge >= 0.3 is 0 Å². The van der Waals surface area contributed by atoms with Crippen LogP contribution >= 0.6 is 35.3 Å².